The topological polar surface area (TPSA) is 6.48 Å². The fourth-order valence-corrected chi connectivity index (χ4v) is 11.4. The molecule has 12 aromatic rings. The van der Waals surface area contributed by atoms with Crippen LogP contribution < -0.4 is 9.80 Å². The van der Waals surface area contributed by atoms with Crippen molar-refractivity contribution in [2.24, 2.45) is 0 Å². The molecule has 0 N–H and O–H groups in total. The first-order valence-electron chi connectivity index (χ1n) is 26.3. The molecule has 0 aliphatic heterocycles. The molecular formula is C65H44N2S. The second-order valence-corrected chi connectivity index (χ2v) is 18.2. The SMILES string of the molecule is [2H]c1c([2H])c([2H])c2c([2H])c(C3(c4ccc5sc6ccccc6c5c4)c4ccc(N(c5ccccc5)c5ccccc5)cc4-c4cc(N(c5ccccc5)c5ccc(-c6ccccc6)cc5)ccc43)c([2H])c([2H])c2c1[2H]. The van der Waals surface area contributed by atoms with Crippen LogP contribution in [0.2, 0.25) is 0 Å². The Morgan fingerprint density at radius 3 is 1.44 bits per heavy atom. The zero-order chi connectivity index (χ0) is 51.1. The highest BCUT2D eigenvalue weighted by Gasteiger charge is 2.47. The summed E-state index contributed by atoms with van der Waals surface area (Å²) in [7, 11) is 0. The van der Waals surface area contributed by atoms with Gasteiger partial charge in [0.2, 0.25) is 0 Å². The molecule has 1 aliphatic rings. The van der Waals surface area contributed by atoms with E-state index in [1.54, 1.807) is 11.3 Å². The number of para-hydroxylation sites is 3. The van der Waals surface area contributed by atoms with Gasteiger partial charge in [0, 0.05) is 54.3 Å². The van der Waals surface area contributed by atoms with Gasteiger partial charge in [0.25, 0.3) is 0 Å². The Balaban J connectivity index is 1.15. The fourth-order valence-electron chi connectivity index (χ4n) is 10.3. The Bertz CT molecular complexity index is 4170. The fraction of sp³-hybridized carbons (Fsp3) is 0.0154. The van der Waals surface area contributed by atoms with Crippen LogP contribution in [0.1, 0.15) is 31.8 Å². The average molecular weight is 892 g/mol. The van der Waals surface area contributed by atoms with Gasteiger partial charge in [0.15, 0.2) is 0 Å². The van der Waals surface area contributed by atoms with Gasteiger partial charge in [-0.25, -0.2) is 0 Å². The lowest BCUT2D eigenvalue weighted by Gasteiger charge is -2.35. The lowest BCUT2D eigenvalue weighted by atomic mass is 9.67. The first-order valence-corrected chi connectivity index (χ1v) is 23.6. The Hall–Kier alpha value is -8.50. The summed E-state index contributed by atoms with van der Waals surface area (Å²) in [6.07, 6.45) is 0. The van der Waals surface area contributed by atoms with Crippen molar-refractivity contribution in [1.29, 1.82) is 0 Å². The summed E-state index contributed by atoms with van der Waals surface area (Å²) in [6, 6.07) is 74.4. The summed E-state index contributed by atoms with van der Waals surface area (Å²) in [6.45, 7) is 0. The predicted molar refractivity (Wildman–Crippen MR) is 289 cm³/mol. The van der Waals surface area contributed by atoms with Gasteiger partial charge in [-0.3, -0.25) is 0 Å². The highest BCUT2D eigenvalue weighted by molar-refractivity contribution is 7.25. The third-order valence-corrected chi connectivity index (χ3v) is 14.5. The lowest BCUT2D eigenvalue weighted by molar-refractivity contribution is 0.771. The van der Waals surface area contributed by atoms with Crippen LogP contribution in [0.15, 0.2) is 267 Å². The van der Waals surface area contributed by atoms with Gasteiger partial charge in [-0.05, 0) is 152 Å². The number of anilines is 6. The number of fused-ring (bicyclic) bond motifs is 7. The molecule has 0 saturated heterocycles. The first-order chi connectivity index (χ1) is 36.6. The molecule has 1 unspecified atom stereocenters. The van der Waals surface area contributed by atoms with E-state index in [-0.39, 0.29) is 34.5 Å². The quantitative estimate of drug-likeness (QED) is 0.142. The molecule has 68 heavy (non-hydrogen) atoms. The molecule has 13 rings (SSSR count). The Labute approximate surface area is 410 Å². The van der Waals surface area contributed by atoms with Crippen molar-refractivity contribution in [1.82, 2.24) is 0 Å². The largest absolute Gasteiger partial charge is 0.310 e. The van der Waals surface area contributed by atoms with Gasteiger partial charge in [0.05, 0.1) is 15.0 Å². The zero-order valence-corrected chi connectivity index (χ0v) is 37.5. The summed E-state index contributed by atoms with van der Waals surface area (Å²) in [5.41, 5.74) is 10.5. The summed E-state index contributed by atoms with van der Waals surface area (Å²) >= 11 is 1.70. The summed E-state index contributed by atoms with van der Waals surface area (Å²) in [5.74, 6) is 0. The molecule has 1 aromatic heterocycles. The molecule has 0 fully saturated rings. The van der Waals surface area contributed by atoms with Crippen molar-refractivity contribution in [3.63, 3.8) is 0 Å². The van der Waals surface area contributed by atoms with Crippen molar-refractivity contribution in [2.75, 3.05) is 9.80 Å². The van der Waals surface area contributed by atoms with Gasteiger partial charge in [-0.1, -0.05) is 170 Å². The molecule has 320 valence electrons. The van der Waals surface area contributed by atoms with E-state index in [0.717, 1.165) is 93.2 Å². The number of rotatable bonds is 9. The second kappa shape index (κ2) is 16.4. The molecule has 1 aliphatic carbocycles. The van der Waals surface area contributed by atoms with Crippen molar-refractivity contribution in [2.45, 2.75) is 5.41 Å². The minimum absolute atomic E-state index is 0.0878. The molecule has 0 saturated carbocycles. The molecule has 3 heteroatoms. The minimum Gasteiger partial charge on any atom is -0.310 e. The maximum absolute atomic E-state index is 10.4. The van der Waals surface area contributed by atoms with Gasteiger partial charge in [-0.15, -0.1) is 11.3 Å². The monoisotopic (exact) mass is 891 g/mol. The number of hydrogen-bond donors (Lipinski definition) is 0. The van der Waals surface area contributed by atoms with Gasteiger partial charge < -0.3 is 9.80 Å². The standard InChI is InChI=1S/C65H44N2S/c1-5-17-45(18-6-1)47-30-34-54(35-31-47)67(53-25-11-4-12-26-53)56-37-39-62-59(44-56)58-43-55(66(51-21-7-2-8-22-51)52-23-9-3-10-24-52)36-38-61(58)65(62,49-32-29-46-19-13-14-20-48(46)41-49)50-33-40-64-60(42-50)57-27-15-16-28-63(57)68-64/h1-44H/i13D,14D,19D,20D,29D,32D,41D. The van der Waals surface area contributed by atoms with Crippen molar-refractivity contribution >= 4 is 76.4 Å². The van der Waals surface area contributed by atoms with Gasteiger partial charge >= 0.3 is 0 Å². The molecule has 0 bridgehead atoms. The van der Waals surface area contributed by atoms with Crippen LogP contribution in [0.4, 0.5) is 34.1 Å². The smallest absolute Gasteiger partial charge is 0.0714 e. The first kappa shape index (κ1) is 33.0. The Kier molecular flexibility index (Phi) is 7.98. The maximum atomic E-state index is 10.4. The number of hydrogen-bond acceptors (Lipinski definition) is 3. The van der Waals surface area contributed by atoms with E-state index in [4.69, 9.17) is 4.11 Å². The van der Waals surface area contributed by atoms with E-state index < -0.39 is 29.6 Å². The van der Waals surface area contributed by atoms with Crippen LogP contribution in [-0.2, 0) is 5.41 Å². The van der Waals surface area contributed by atoms with E-state index in [0.29, 0.717) is 0 Å². The third-order valence-electron chi connectivity index (χ3n) is 13.3. The normalized spacial score (nSPS) is 15.4. The molecule has 1 heterocycles. The summed E-state index contributed by atoms with van der Waals surface area (Å²) in [5, 5.41) is 1.85. The molecule has 1 atom stereocenters. The second-order valence-electron chi connectivity index (χ2n) is 17.1. The van der Waals surface area contributed by atoms with Gasteiger partial charge in [-0.2, -0.15) is 0 Å². The molecule has 2 nitrogen and oxygen atoms in total. The van der Waals surface area contributed by atoms with Crippen molar-refractivity contribution in [3.05, 3.63) is 289 Å². The predicted octanol–water partition coefficient (Wildman–Crippen LogP) is 18.2. The lowest BCUT2D eigenvalue weighted by Crippen LogP contribution is -2.28. The molecular weight excluding hydrogens is 841 g/mol. The van der Waals surface area contributed by atoms with E-state index in [1.807, 2.05) is 84.9 Å². The average Bonchev–Trinajstić information content (AvgIpc) is 4.08. The Morgan fingerprint density at radius 1 is 0.353 bits per heavy atom. The number of nitrogens with zero attached hydrogens (tertiary/aromatic N) is 2. The van der Waals surface area contributed by atoms with E-state index in [2.05, 4.69) is 149 Å². The molecule has 0 radical (unpaired) electrons. The highest BCUT2D eigenvalue weighted by Crippen LogP contribution is 2.59. The van der Waals surface area contributed by atoms with E-state index >= 15 is 0 Å². The molecule has 11 aromatic carbocycles. The van der Waals surface area contributed by atoms with E-state index in [1.165, 1.54) is 0 Å². The van der Waals surface area contributed by atoms with Crippen molar-refractivity contribution in [3.8, 4) is 22.3 Å². The molecule has 0 amide bonds. The highest BCUT2D eigenvalue weighted by atomic mass is 32.1. The van der Waals surface area contributed by atoms with Crippen LogP contribution in [0, 0.1) is 0 Å². The van der Waals surface area contributed by atoms with Crippen LogP contribution >= 0.6 is 11.3 Å². The van der Waals surface area contributed by atoms with E-state index in [9.17, 15) is 5.48 Å². The summed E-state index contributed by atoms with van der Waals surface area (Å²) in [4.78, 5) is 4.46. The summed E-state index contributed by atoms with van der Waals surface area (Å²) < 4.78 is 68.2. The molecule has 0 spiro atoms. The third kappa shape index (κ3) is 6.54. The van der Waals surface area contributed by atoms with Crippen LogP contribution in [0.25, 0.3) is 53.2 Å². The number of benzene rings is 11. The van der Waals surface area contributed by atoms with Crippen LogP contribution in [-0.4, -0.2) is 0 Å². The minimum atomic E-state index is -1.45. The van der Waals surface area contributed by atoms with Crippen molar-refractivity contribution < 1.29 is 9.60 Å². The Morgan fingerprint density at radius 2 is 0.838 bits per heavy atom. The zero-order valence-electron chi connectivity index (χ0n) is 43.7. The van der Waals surface area contributed by atoms with Crippen LogP contribution in [0.5, 0.6) is 0 Å². The number of thiophene rings is 1. The van der Waals surface area contributed by atoms with Crippen LogP contribution in [0.3, 0.4) is 0 Å². The van der Waals surface area contributed by atoms with Gasteiger partial charge in [0.1, 0.15) is 0 Å². The maximum Gasteiger partial charge on any atom is 0.0714 e.